The van der Waals surface area contributed by atoms with E-state index in [1.165, 1.54) is 12.1 Å². The molecule has 0 unspecified atom stereocenters. The first-order valence-corrected chi connectivity index (χ1v) is 13.1. The van der Waals surface area contributed by atoms with E-state index in [4.69, 9.17) is 5.73 Å². The van der Waals surface area contributed by atoms with E-state index in [1.807, 2.05) is 30.5 Å². The molecule has 0 saturated carbocycles. The number of alkyl halides is 3. The molecule has 1 fully saturated rings. The van der Waals surface area contributed by atoms with Gasteiger partial charge >= 0.3 is 6.18 Å². The van der Waals surface area contributed by atoms with Gasteiger partial charge in [0.25, 0.3) is 5.91 Å². The highest BCUT2D eigenvalue weighted by atomic mass is 19.4. The third-order valence-electron chi connectivity index (χ3n) is 7.29. The highest BCUT2D eigenvalue weighted by molar-refractivity contribution is 6.04. The molecule has 1 saturated heterocycles. The Morgan fingerprint density at radius 1 is 1.05 bits per heavy atom. The van der Waals surface area contributed by atoms with Gasteiger partial charge in [0.05, 0.1) is 29.2 Å². The molecule has 2 aromatic carbocycles. The average molecular weight is 562 g/mol. The monoisotopic (exact) mass is 561 g/mol. The molecule has 0 radical (unpaired) electrons. The van der Waals surface area contributed by atoms with Crippen LogP contribution >= 0.6 is 0 Å². The van der Waals surface area contributed by atoms with Crippen molar-refractivity contribution in [2.75, 3.05) is 44.3 Å². The number of aryl methyl sites for hydroxylation is 2. The van der Waals surface area contributed by atoms with Gasteiger partial charge in [-0.3, -0.25) is 9.69 Å². The third kappa shape index (κ3) is 6.19. The number of piperazine rings is 1. The summed E-state index contributed by atoms with van der Waals surface area (Å²) in [6.45, 7) is 5.06. The van der Waals surface area contributed by atoms with E-state index in [1.54, 1.807) is 30.7 Å². The number of nitrogens with zero attached hydrogens (tertiary/aromatic N) is 5. The topological polar surface area (TPSA) is 92.3 Å². The van der Waals surface area contributed by atoms with Crippen molar-refractivity contribution in [1.29, 1.82) is 0 Å². The van der Waals surface area contributed by atoms with Gasteiger partial charge < -0.3 is 20.5 Å². The van der Waals surface area contributed by atoms with Crippen LogP contribution in [0, 0.1) is 18.8 Å². The Bertz CT molecular complexity index is 1680. The summed E-state index contributed by atoms with van der Waals surface area (Å²) in [5.74, 6) is 5.79. The average Bonchev–Trinajstić information content (AvgIpc) is 3.31. The minimum absolute atomic E-state index is 0.0679. The lowest BCUT2D eigenvalue weighted by molar-refractivity contribution is -0.138. The first-order chi connectivity index (χ1) is 19.5. The second kappa shape index (κ2) is 11.2. The molecule has 0 atom stereocenters. The number of nitrogen functional groups attached to an aromatic ring is 1. The number of hydrogen-bond donors (Lipinski definition) is 2. The van der Waals surface area contributed by atoms with Crippen molar-refractivity contribution in [2.24, 2.45) is 7.05 Å². The number of imidazole rings is 1. The molecule has 0 spiro atoms. The SMILES string of the molecule is Cc1ccc(C(=O)Nc2ccc(CN3CCN(C)CC3)c(C(F)(F)F)c2)cc1C#Cc1c(N)ncc2c1ncn2C. The molecule has 4 aromatic rings. The lowest BCUT2D eigenvalue weighted by atomic mass is 10.0. The maximum Gasteiger partial charge on any atom is 0.416 e. The fourth-order valence-corrected chi connectivity index (χ4v) is 4.76. The summed E-state index contributed by atoms with van der Waals surface area (Å²) in [5, 5.41) is 2.61. The Kier molecular flexibility index (Phi) is 7.71. The van der Waals surface area contributed by atoms with Crippen LogP contribution in [0.15, 0.2) is 48.9 Å². The molecule has 1 aliphatic rings. The lowest BCUT2D eigenvalue weighted by Crippen LogP contribution is -2.44. The van der Waals surface area contributed by atoms with Crippen LogP contribution in [0.3, 0.4) is 0 Å². The number of amides is 1. The minimum Gasteiger partial charge on any atom is -0.383 e. The van der Waals surface area contributed by atoms with Crippen molar-refractivity contribution >= 4 is 28.4 Å². The summed E-state index contributed by atoms with van der Waals surface area (Å²) in [5.41, 5.74) is 9.10. The predicted molar refractivity (Wildman–Crippen MR) is 152 cm³/mol. The Balaban J connectivity index is 1.38. The molecule has 1 amide bonds. The van der Waals surface area contributed by atoms with Crippen LogP contribution in [0.25, 0.3) is 11.0 Å². The smallest absolute Gasteiger partial charge is 0.383 e. The van der Waals surface area contributed by atoms with Gasteiger partial charge in [-0.25, -0.2) is 9.97 Å². The Hall–Kier alpha value is -4.40. The summed E-state index contributed by atoms with van der Waals surface area (Å²) < 4.78 is 43.8. The lowest BCUT2D eigenvalue weighted by Gasteiger charge is -2.33. The quantitative estimate of drug-likeness (QED) is 0.362. The van der Waals surface area contributed by atoms with Gasteiger partial charge in [0.15, 0.2) is 0 Å². The molecule has 5 rings (SSSR count). The second-order valence-corrected chi connectivity index (χ2v) is 10.3. The molecule has 11 heteroatoms. The van der Waals surface area contributed by atoms with Crippen molar-refractivity contribution in [3.8, 4) is 11.8 Å². The number of rotatable bonds is 4. The van der Waals surface area contributed by atoms with Gasteiger partial charge in [0.1, 0.15) is 11.3 Å². The van der Waals surface area contributed by atoms with E-state index in [-0.39, 0.29) is 29.2 Å². The van der Waals surface area contributed by atoms with E-state index in [2.05, 4.69) is 32.0 Å². The molecule has 1 aliphatic heterocycles. The molecule has 3 N–H and O–H groups in total. The molecule has 0 aliphatic carbocycles. The Morgan fingerprint density at radius 3 is 2.54 bits per heavy atom. The predicted octanol–water partition coefficient (Wildman–Crippen LogP) is 4.28. The number of likely N-dealkylation sites (N-methyl/N-ethyl adjacent to an activating group) is 1. The molecular formula is C30H30F3N7O. The molecular weight excluding hydrogens is 531 g/mol. The Morgan fingerprint density at radius 2 is 1.80 bits per heavy atom. The van der Waals surface area contributed by atoms with Gasteiger partial charge in [0.2, 0.25) is 0 Å². The number of nitrogens with one attached hydrogen (secondary N) is 1. The number of carbonyl (C=O) groups is 1. The van der Waals surface area contributed by atoms with E-state index in [9.17, 15) is 18.0 Å². The van der Waals surface area contributed by atoms with Gasteiger partial charge in [-0.05, 0) is 49.4 Å². The van der Waals surface area contributed by atoms with Crippen molar-refractivity contribution in [3.05, 3.63) is 82.3 Å². The van der Waals surface area contributed by atoms with Gasteiger partial charge in [-0.1, -0.05) is 24.0 Å². The van der Waals surface area contributed by atoms with Crippen molar-refractivity contribution in [3.63, 3.8) is 0 Å². The second-order valence-electron chi connectivity index (χ2n) is 10.3. The number of aromatic nitrogens is 3. The fourth-order valence-electron chi connectivity index (χ4n) is 4.76. The van der Waals surface area contributed by atoms with Crippen molar-refractivity contribution in [1.82, 2.24) is 24.3 Å². The fraction of sp³-hybridized carbons (Fsp3) is 0.300. The number of hydrogen-bond acceptors (Lipinski definition) is 6. The zero-order valence-electron chi connectivity index (χ0n) is 23.0. The van der Waals surface area contributed by atoms with E-state index >= 15 is 0 Å². The number of pyridine rings is 1. The van der Waals surface area contributed by atoms with Crippen LogP contribution in [-0.2, 0) is 19.8 Å². The van der Waals surface area contributed by atoms with Crippen LogP contribution in [0.2, 0.25) is 0 Å². The van der Waals surface area contributed by atoms with Crippen LogP contribution in [0.4, 0.5) is 24.7 Å². The standard InChI is InChI=1S/C30H30F3N7O/c1-19-4-5-21(14-20(19)7-9-24-27-26(16-35-28(24)34)39(3)18-36-27)29(41)37-23-8-6-22(25(15-23)30(31,32)33)17-40-12-10-38(2)11-13-40/h4-6,8,14-16,18H,10-13,17H2,1-3H3,(H2,34,35)(H,37,41). The number of nitrogens with two attached hydrogens (primary N) is 1. The zero-order chi connectivity index (χ0) is 29.3. The zero-order valence-corrected chi connectivity index (χ0v) is 23.0. The van der Waals surface area contributed by atoms with Crippen molar-refractivity contribution < 1.29 is 18.0 Å². The summed E-state index contributed by atoms with van der Waals surface area (Å²) in [6, 6.07) is 8.91. The van der Waals surface area contributed by atoms with Gasteiger partial charge in [-0.15, -0.1) is 0 Å². The Labute approximate surface area is 236 Å². The van der Waals surface area contributed by atoms with E-state index < -0.39 is 17.6 Å². The van der Waals surface area contributed by atoms with E-state index in [0.717, 1.165) is 30.2 Å². The number of carbonyl (C=O) groups excluding carboxylic acids is 1. The first kappa shape index (κ1) is 28.1. The number of fused-ring (bicyclic) bond motifs is 1. The van der Waals surface area contributed by atoms with Crippen LogP contribution in [0.5, 0.6) is 0 Å². The van der Waals surface area contributed by atoms with Crippen LogP contribution in [-0.4, -0.2) is 63.5 Å². The number of benzene rings is 2. The maximum atomic E-state index is 14.0. The molecule has 8 nitrogen and oxygen atoms in total. The van der Waals surface area contributed by atoms with Crippen molar-refractivity contribution in [2.45, 2.75) is 19.6 Å². The largest absolute Gasteiger partial charge is 0.416 e. The highest BCUT2D eigenvalue weighted by Crippen LogP contribution is 2.35. The molecule has 41 heavy (non-hydrogen) atoms. The van der Waals surface area contributed by atoms with Crippen LogP contribution in [0.1, 0.15) is 38.2 Å². The maximum absolute atomic E-state index is 14.0. The first-order valence-electron chi connectivity index (χ1n) is 13.1. The molecule has 3 heterocycles. The summed E-state index contributed by atoms with van der Waals surface area (Å²) in [4.78, 5) is 25.8. The molecule has 212 valence electrons. The van der Waals surface area contributed by atoms with Gasteiger partial charge in [-0.2, -0.15) is 13.2 Å². The molecule has 2 aromatic heterocycles. The normalized spacial score (nSPS) is 14.6. The molecule has 0 bridgehead atoms. The third-order valence-corrected chi connectivity index (χ3v) is 7.29. The highest BCUT2D eigenvalue weighted by Gasteiger charge is 2.34. The van der Waals surface area contributed by atoms with Crippen LogP contribution < -0.4 is 11.1 Å². The minimum atomic E-state index is -4.55. The number of halogens is 3. The van der Waals surface area contributed by atoms with Gasteiger partial charge in [0, 0.05) is 56.6 Å². The van der Waals surface area contributed by atoms with E-state index in [0.29, 0.717) is 29.7 Å². The summed E-state index contributed by atoms with van der Waals surface area (Å²) >= 11 is 0. The number of anilines is 2. The summed E-state index contributed by atoms with van der Waals surface area (Å²) in [7, 11) is 3.84. The summed E-state index contributed by atoms with van der Waals surface area (Å²) in [6.07, 6.45) is -1.28.